The van der Waals surface area contributed by atoms with E-state index in [2.05, 4.69) is 15.5 Å². The molecule has 8 heteroatoms. The van der Waals surface area contributed by atoms with Crippen molar-refractivity contribution in [3.63, 3.8) is 0 Å². The number of amides is 1. The second kappa shape index (κ2) is 6.99. The molecule has 0 bridgehead atoms. The van der Waals surface area contributed by atoms with Gasteiger partial charge >= 0.3 is 6.18 Å². The minimum Gasteiger partial charge on any atom is -0.359 e. The van der Waals surface area contributed by atoms with Gasteiger partial charge in [0.15, 0.2) is 5.76 Å². The van der Waals surface area contributed by atoms with Crippen LogP contribution in [0.15, 0.2) is 59.3 Å². The van der Waals surface area contributed by atoms with Gasteiger partial charge in [0.1, 0.15) is 11.4 Å². The van der Waals surface area contributed by atoms with Gasteiger partial charge < -0.3 is 9.84 Å². The van der Waals surface area contributed by atoms with Gasteiger partial charge in [0.25, 0.3) is 5.91 Å². The molecule has 0 saturated carbocycles. The van der Waals surface area contributed by atoms with Crippen molar-refractivity contribution in [3.8, 4) is 11.3 Å². The molecule has 0 aliphatic rings. The lowest BCUT2D eigenvalue weighted by Gasteiger charge is -2.10. The van der Waals surface area contributed by atoms with Crippen molar-refractivity contribution < 1.29 is 22.5 Å². The van der Waals surface area contributed by atoms with Crippen LogP contribution < -0.4 is 5.32 Å². The van der Waals surface area contributed by atoms with Crippen LogP contribution in [0.4, 0.5) is 13.2 Å². The smallest absolute Gasteiger partial charge is 0.359 e. The molecule has 1 atom stereocenters. The number of carbonyl (C=O) groups is 1. The first-order valence-electron chi connectivity index (χ1n) is 7.71. The van der Waals surface area contributed by atoms with E-state index in [1.54, 1.807) is 37.3 Å². The van der Waals surface area contributed by atoms with Crippen LogP contribution in [0.25, 0.3) is 11.3 Å². The molecule has 0 radical (unpaired) electrons. The molecule has 0 saturated heterocycles. The van der Waals surface area contributed by atoms with Crippen LogP contribution in [-0.2, 0) is 6.18 Å². The monoisotopic (exact) mass is 361 g/mol. The van der Waals surface area contributed by atoms with Gasteiger partial charge in [-0.2, -0.15) is 13.2 Å². The Balaban J connectivity index is 1.76. The van der Waals surface area contributed by atoms with E-state index in [9.17, 15) is 18.0 Å². The van der Waals surface area contributed by atoms with Crippen LogP contribution in [0.3, 0.4) is 0 Å². The number of hydrogen-bond acceptors (Lipinski definition) is 4. The highest BCUT2D eigenvalue weighted by atomic mass is 19.4. The van der Waals surface area contributed by atoms with E-state index in [-0.39, 0.29) is 17.2 Å². The standard InChI is InChI=1S/C18H14F3N3O2/c1-11(23-17(25)12-5-3-2-4-6-12)15-10-14(24-26-15)13-7-8-22-16(9-13)18(19,20)21/h2-11H,1H3,(H,23,25). The Kier molecular flexibility index (Phi) is 4.75. The second-order valence-corrected chi connectivity index (χ2v) is 5.60. The van der Waals surface area contributed by atoms with Crippen molar-refractivity contribution in [2.75, 3.05) is 0 Å². The summed E-state index contributed by atoms with van der Waals surface area (Å²) in [5, 5.41) is 6.54. The Morgan fingerprint density at radius 1 is 1.15 bits per heavy atom. The zero-order valence-corrected chi connectivity index (χ0v) is 13.6. The molecule has 1 amide bonds. The predicted molar refractivity (Wildman–Crippen MR) is 87.1 cm³/mol. The molecule has 1 aromatic carbocycles. The Morgan fingerprint density at radius 2 is 1.88 bits per heavy atom. The van der Waals surface area contributed by atoms with Gasteiger partial charge in [-0.3, -0.25) is 9.78 Å². The number of alkyl halides is 3. The maximum Gasteiger partial charge on any atom is 0.433 e. The highest BCUT2D eigenvalue weighted by Crippen LogP contribution is 2.30. The largest absolute Gasteiger partial charge is 0.433 e. The fraction of sp³-hybridized carbons (Fsp3) is 0.167. The third-order valence-corrected chi connectivity index (χ3v) is 3.68. The van der Waals surface area contributed by atoms with E-state index in [0.717, 1.165) is 12.3 Å². The van der Waals surface area contributed by atoms with Gasteiger partial charge in [-0.15, -0.1) is 0 Å². The molecule has 26 heavy (non-hydrogen) atoms. The number of benzene rings is 1. The lowest BCUT2D eigenvalue weighted by atomic mass is 10.1. The molecule has 0 fully saturated rings. The second-order valence-electron chi connectivity index (χ2n) is 5.60. The van der Waals surface area contributed by atoms with Crippen LogP contribution in [0.5, 0.6) is 0 Å². The Labute approximate surface area is 146 Å². The van der Waals surface area contributed by atoms with Crippen LogP contribution in [0.1, 0.15) is 34.8 Å². The van der Waals surface area contributed by atoms with Gasteiger partial charge in [0, 0.05) is 23.4 Å². The minimum atomic E-state index is -4.54. The lowest BCUT2D eigenvalue weighted by molar-refractivity contribution is -0.141. The van der Waals surface area contributed by atoms with Gasteiger partial charge in [-0.05, 0) is 31.2 Å². The number of carbonyl (C=O) groups excluding carboxylic acids is 1. The van der Waals surface area contributed by atoms with Crippen molar-refractivity contribution in [1.29, 1.82) is 0 Å². The summed E-state index contributed by atoms with van der Waals surface area (Å²) in [4.78, 5) is 15.5. The Bertz CT molecular complexity index is 907. The summed E-state index contributed by atoms with van der Waals surface area (Å²) >= 11 is 0. The zero-order valence-electron chi connectivity index (χ0n) is 13.6. The summed E-state index contributed by atoms with van der Waals surface area (Å²) in [5.41, 5.74) is -0.0642. The first kappa shape index (κ1) is 17.7. The average Bonchev–Trinajstić information content (AvgIpc) is 3.12. The summed E-state index contributed by atoms with van der Waals surface area (Å²) < 4.78 is 43.5. The Hall–Kier alpha value is -3.16. The maximum atomic E-state index is 12.8. The van der Waals surface area contributed by atoms with Gasteiger partial charge in [0.05, 0.1) is 6.04 Å². The van der Waals surface area contributed by atoms with Crippen molar-refractivity contribution in [2.24, 2.45) is 0 Å². The highest BCUT2D eigenvalue weighted by molar-refractivity contribution is 5.94. The molecule has 5 nitrogen and oxygen atoms in total. The quantitative estimate of drug-likeness (QED) is 0.754. The number of hydrogen-bond donors (Lipinski definition) is 1. The molecule has 1 unspecified atom stereocenters. The molecule has 2 heterocycles. The molecule has 3 aromatic rings. The van der Waals surface area contributed by atoms with Crippen molar-refractivity contribution in [2.45, 2.75) is 19.1 Å². The average molecular weight is 361 g/mol. The predicted octanol–water partition coefficient (Wildman–Crippen LogP) is 4.25. The van der Waals surface area contributed by atoms with E-state index in [4.69, 9.17) is 4.52 Å². The van der Waals surface area contributed by atoms with Gasteiger partial charge in [0.2, 0.25) is 0 Å². The van der Waals surface area contributed by atoms with Crippen LogP contribution in [-0.4, -0.2) is 16.0 Å². The van der Waals surface area contributed by atoms with Gasteiger partial charge in [-0.25, -0.2) is 0 Å². The third-order valence-electron chi connectivity index (χ3n) is 3.68. The molecule has 134 valence electrons. The zero-order chi connectivity index (χ0) is 18.7. The number of halogens is 3. The first-order chi connectivity index (χ1) is 12.3. The van der Waals surface area contributed by atoms with E-state index >= 15 is 0 Å². The molecule has 2 aromatic heterocycles. The molecule has 3 rings (SSSR count). The minimum absolute atomic E-state index is 0.226. The summed E-state index contributed by atoms with van der Waals surface area (Å²) in [6, 6.07) is 11.9. The van der Waals surface area contributed by atoms with Crippen molar-refractivity contribution >= 4 is 5.91 Å². The molecule has 0 spiro atoms. The highest BCUT2D eigenvalue weighted by Gasteiger charge is 2.32. The summed E-state index contributed by atoms with van der Waals surface area (Å²) in [7, 11) is 0. The first-order valence-corrected chi connectivity index (χ1v) is 7.71. The topological polar surface area (TPSA) is 68.0 Å². The van der Waals surface area contributed by atoms with E-state index in [0.29, 0.717) is 11.3 Å². The van der Waals surface area contributed by atoms with E-state index < -0.39 is 17.9 Å². The fourth-order valence-corrected chi connectivity index (χ4v) is 2.31. The molecular weight excluding hydrogens is 347 g/mol. The summed E-state index contributed by atoms with van der Waals surface area (Å²) in [6.07, 6.45) is -3.48. The summed E-state index contributed by atoms with van der Waals surface area (Å²) in [5.74, 6) is 0.0361. The third kappa shape index (κ3) is 3.90. The van der Waals surface area contributed by atoms with E-state index in [1.807, 2.05) is 0 Å². The summed E-state index contributed by atoms with van der Waals surface area (Å²) in [6.45, 7) is 1.69. The van der Waals surface area contributed by atoms with Crippen LogP contribution >= 0.6 is 0 Å². The molecule has 1 N–H and O–H groups in total. The van der Waals surface area contributed by atoms with Crippen molar-refractivity contribution in [1.82, 2.24) is 15.5 Å². The number of rotatable bonds is 4. The van der Waals surface area contributed by atoms with Crippen molar-refractivity contribution in [3.05, 3.63) is 71.7 Å². The van der Waals surface area contributed by atoms with Crippen LogP contribution in [0, 0.1) is 0 Å². The number of nitrogens with one attached hydrogen (secondary N) is 1. The number of nitrogens with zero attached hydrogens (tertiary/aromatic N) is 2. The SMILES string of the molecule is CC(NC(=O)c1ccccc1)c1cc(-c2ccnc(C(F)(F)F)c2)no1. The number of aromatic nitrogens is 2. The molecule has 0 aliphatic carbocycles. The van der Waals surface area contributed by atoms with E-state index in [1.165, 1.54) is 12.1 Å². The Morgan fingerprint density at radius 3 is 2.58 bits per heavy atom. The molecule has 0 aliphatic heterocycles. The van der Waals surface area contributed by atoms with Crippen LogP contribution in [0.2, 0.25) is 0 Å². The molecular formula is C18H14F3N3O2. The number of pyridine rings is 1. The van der Waals surface area contributed by atoms with Gasteiger partial charge in [-0.1, -0.05) is 23.4 Å². The lowest BCUT2D eigenvalue weighted by Crippen LogP contribution is -2.26. The normalized spacial score (nSPS) is 12.6. The maximum absolute atomic E-state index is 12.8. The fourth-order valence-electron chi connectivity index (χ4n) is 2.31.